The number of anilines is 2. The van der Waals surface area contributed by atoms with Crippen LogP contribution in [0.5, 0.6) is 0 Å². The molecular weight excluding hydrogens is 548 g/mol. The Morgan fingerprint density at radius 2 is 1.90 bits per heavy atom. The number of pyridine rings is 3. The fraction of sp³-hybridized carbons (Fsp3) is 0.310. The van der Waals surface area contributed by atoms with Crippen LogP contribution in [-0.4, -0.2) is 88.0 Å². The molecule has 0 aliphatic carbocycles. The standard InChI is InChI=1S/C28H27F2N7O3.CH4O/c1-31-19-8-18(29)22(30)20-21-24(37-6-5-14(11-37)35(2)3)16(10-32-26(21)34-23(19)20)13-7-15-25(38)17(28(39)40)12-36(4)27(15)33-9-13;1-2/h7-10,12,14,31H,5-6,11H2,1-4H3,(H,32,34)(H,39,40);2H,1H3/t14-;/m1./s1. The van der Waals surface area contributed by atoms with Crippen molar-refractivity contribution in [1.82, 2.24) is 24.4 Å². The highest BCUT2D eigenvalue weighted by Crippen LogP contribution is 2.44. The molecule has 11 nitrogen and oxygen atoms in total. The Morgan fingerprint density at radius 1 is 1.17 bits per heavy atom. The molecule has 5 heterocycles. The van der Waals surface area contributed by atoms with E-state index in [2.05, 4.69) is 30.1 Å². The van der Waals surface area contributed by atoms with Crippen molar-refractivity contribution in [3.05, 3.63) is 58.1 Å². The van der Waals surface area contributed by atoms with Crippen LogP contribution in [0.4, 0.5) is 20.2 Å². The van der Waals surface area contributed by atoms with Gasteiger partial charge >= 0.3 is 5.97 Å². The van der Waals surface area contributed by atoms with E-state index in [1.165, 1.54) is 10.8 Å². The summed E-state index contributed by atoms with van der Waals surface area (Å²) < 4.78 is 31.8. The lowest BCUT2D eigenvalue weighted by molar-refractivity contribution is 0.0695. The maximum absolute atomic E-state index is 15.5. The van der Waals surface area contributed by atoms with Crippen LogP contribution in [0.2, 0.25) is 0 Å². The van der Waals surface area contributed by atoms with E-state index in [4.69, 9.17) is 5.11 Å². The summed E-state index contributed by atoms with van der Waals surface area (Å²) in [6, 6.07) is 2.93. The number of aromatic nitrogens is 4. The quantitative estimate of drug-likeness (QED) is 0.247. The lowest BCUT2D eigenvalue weighted by Crippen LogP contribution is -2.31. The van der Waals surface area contributed by atoms with Gasteiger partial charge in [0.05, 0.1) is 33.1 Å². The summed E-state index contributed by atoms with van der Waals surface area (Å²) in [4.78, 5) is 41.3. The molecule has 0 bridgehead atoms. The van der Waals surface area contributed by atoms with Crippen LogP contribution in [0.25, 0.3) is 44.1 Å². The summed E-state index contributed by atoms with van der Waals surface area (Å²) >= 11 is 0. The Kier molecular flexibility index (Phi) is 7.56. The first-order valence-corrected chi connectivity index (χ1v) is 13.2. The molecule has 0 radical (unpaired) electrons. The van der Waals surface area contributed by atoms with Gasteiger partial charge in [-0.3, -0.25) is 4.79 Å². The fourth-order valence-corrected chi connectivity index (χ4v) is 5.71. The minimum absolute atomic E-state index is 0.0785. The van der Waals surface area contributed by atoms with E-state index in [-0.39, 0.29) is 22.4 Å². The number of fused-ring (bicyclic) bond motifs is 4. The smallest absolute Gasteiger partial charge is 0.341 e. The average Bonchev–Trinajstić information content (AvgIpc) is 3.63. The van der Waals surface area contributed by atoms with Crippen molar-refractivity contribution in [2.24, 2.45) is 7.05 Å². The maximum atomic E-state index is 15.5. The number of aliphatic hydroxyl groups is 1. The lowest BCUT2D eigenvalue weighted by atomic mass is 10.0. The molecule has 0 amide bonds. The number of carbonyl (C=O) groups is 1. The predicted molar refractivity (Wildman–Crippen MR) is 158 cm³/mol. The lowest BCUT2D eigenvalue weighted by Gasteiger charge is -2.25. The molecule has 13 heteroatoms. The summed E-state index contributed by atoms with van der Waals surface area (Å²) in [5.41, 5.74) is 2.18. The minimum atomic E-state index is -1.33. The molecule has 6 rings (SSSR count). The van der Waals surface area contributed by atoms with E-state index in [1.54, 1.807) is 32.6 Å². The molecule has 220 valence electrons. The van der Waals surface area contributed by atoms with Gasteiger partial charge in [-0.05, 0) is 26.6 Å². The number of carboxylic acid groups (broad SMARTS) is 1. The van der Waals surface area contributed by atoms with Gasteiger partial charge in [0.1, 0.15) is 16.9 Å². The van der Waals surface area contributed by atoms with E-state index in [9.17, 15) is 19.1 Å². The van der Waals surface area contributed by atoms with Gasteiger partial charge in [0.15, 0.2) is 11.6 Å². The monoisotopic (exact) mass is 579 g/mol. The van der Waals surface area contributed by atoms with Crippen molar-refractivity contribution in [2.45, 2.75) is 12.5 Å². The molecule has 1 atom stereocenters. The summed E-state index contributed by atoms with van der Waals surface area (Å²) in [7, 11) is 8.25. The van der Waals surface area contributed by atoms with E-state index in [0.717, 1.165) is 19.6 Å². The van der Waals surface area contributed by atoms with Gasteiger partial charge in [0, 0.05) is 76.1 Å². The molecular formula is C29H31F2N7O4. The zero-order valence-corrected chi connectivity index (χ0v) is 23.8. The van der Waals surface area contributed by atoms with E-state index in [1.807, 2.05) is 14.1 Å². The first kappa shape index (κ1) is 28.9. The molecule has 1 aromatic carbocycles. The first-order valence-electron chi connectivity index (χ1n) is 13.2. The molecule has 0 spiro atoms. The van der Waals surface area contributed by atoms with Crippen molar-refractivity contribution < 1.29 is 23.8 Å². The first-order chi connectivity index (χ1) is 20.1. The van der Waals surface area contributed by atoms with Crippen molar-refractivity contribution >= 4 is 50.3 Å². The van der Waals surface area contributed by atoms with Gasteiger partial charge in [-0.2, -0.15) is 0 Å². The number of nitrogens with zero attached hydrogens (tertiary/aromatic N) is 5. The van der Waals surface area contributed by atoms with Gasteiger partial charge in [0.2, 0.25) is 5.43 Å². The van der Waals surface area contributed by atoms with E-state index >= 15 is 4.39 Å². The van der Waals surface area contributed by atoms with Gasteiger partial charge in [-0.1, -0.05) is 0 Å². The Hall–Kier alpha value is -4.62. The number of halogens is 2. The van der Waals surface area contributed by atoms with Crippen LogP contribution < -0.4 is 15.6 Å². The second kappa shape index (κ2) is 11.0. The number of H-pyrrole nitrogens is 1. The third kappa shape index (κ3) is 4.50. The van der Waals surface area contributed by atoms with Crippen LogP contribution in [0.3, 0.4) is 0 Å². The number of likely N-dealkylation sites (N-methyl/N-ethyl adjacent to an activating group) is 1. The van der Waals surface area contributed by atoms with Crippen LogP contribution in [0.1, 0.15) is 16.8 Å². The highest BCUT2D eigenvalue weighted by molar-refractivity contribution is 6.18. The minimum Gasteiger partial charge on any atom is -0.477 e. The normalized spacial score (nSPS) is 15.1. The summed E-state index contributed by atoms with van der Waals surface area (Å²) in [6.45, 7) is 1.29. The Labute approximate surface area is 239 Å². The van der Waals surface area contributed by atoms with Gasteiger partial charge in [-0.25, -0.2) is 23.5 Å². The number of aromatic carboxylic acids is 1. The molecule has 0 saturated carbocycles. The number of carboxylic acids is 1. The summed E-state index contributed by atoms with van der Waals surface area (Å²) in [5, 5.41) is 20.1. The SMILES string of the molecule is CNc1cc(F)c(F)c2c1[nH]c1ncc(-c3cnc4c(c3)c(=O)c(C(=O)O)cn4C)c(N3CC[C@@H](N(C)C)C3)c12.CO. The number of rotatable bonds is 5. The van der Waals surface area contributed by atoms with E-state index < -0.39 is 23.0 Å². The van der Waals surface area contributed by atoms with Crippen LogP contribution >= 0.6 is 0 Å². The average molecular weight is 580 g/mol. The molecule has 1 aliphatic rings. The largest absolute Gasteiger partial charge is 0.477 e. The number of hydrogen-bond donors (Lipinski definition) is 4. The number of aromatic amines is 1. The molecule has 42 heavy (non-hydrogen) atoms. The van der Waals surface area contributed by atoms with Crippen LogP contribution in [-0.2, 0) is 7.05 Å². The van der Waals surface area contributed by atoms with Gasteiger partial charge < -0.3 is 34.9 Å². The summed E-state index contributed by atoms with van der Waals surface area (Å²) in [6.07, 6.45) is 5.30. The Bertz CT molecular complexity index is 1920. The molecule has 4 N–H and O–H groups in total. The third-order valence-electron chi connectivity index (χ3n) is 7.80. The fourth-order valence-electron chi connectivity index (χ4n) is 5.71. The number of hydrogen-bond acceptors (Lipinski definition) is 8. The maximum Gasteiger partial charge on any atom is 0.341 e. The zero-order valence-electron chi connectivity index (χ0n) is 23.8. The van der Waals surface area contributed by atoms with Gasteiger partial charge in [0.25, 0.3) is 0 Å². The number of benzene rings is 1. The molecule has 1 saturated heterocycles. The molecule has 0 unspecified atom stereocenters. The number of aryl methyl sites for hydroxylation is 1. The van der Waals surface area contributed by atoms with E-state index in [0.29, 0.717) is 57.8 Å². The topological polar surface area (TPSA) is 140 Å². The van der Waals surface area contributed by atoms with Crippen LogP contribution in [0, 0.1) is 11.6 Å². The predicted octanol–water partition coefficient (Wildman–Crippen LogP) is 3.40. The molecule has 5 aromatic rings. The third-order valence-corrected chi connectivity index (χ3v) is 7.80. The zero-order chi connectivity index (χ0) is 30.5. The Morgan fingerprint density at radius 3 is 2.55 bits per heavy atom. The highest BCUT2D eigenvalue weighted by atomic mass is 19.2. The second-order valence-electron chi connectivity index (χ2n) is 10.3. The van der Waals surface area contributed by atoms with Crippen molar-refractivity contribution in [2.75, 3.05) is 51.6 Å². The summed E-state index contributed by atoms with van der Waals surface area (Å²) in [5.74, 6) is -3.31. The molecule has 1 aliphatic heterocycles. The number of aliphatic hydroxyl groups excluding tert-OH is 1. The van der Waals surface area contributed by atoms with Crippen LogP contribution in [0.15, 0.2) is 35.5 Å². The van der Waals surface area contributed by atoms with Gasteiger partial charge in [-0.15, -0.1) is 0 Å². The van der Waals surface area contributed by atoms with Crippen molar-refractivity contribution in [3.8, 4) is 11.1 Å². The second-order valence-corrected chi connectivity index (χ2v) is 10.3. The van der Waals surface area contributed by atoms with Crippen molar-refractivity contribution in [3.63, 3.8) is 0 Å². The highest BCUT2D eigenvalue weighted by Gasteiger charge is 2.30. The Balaban J connectivity index is 0.00000173. The number of nitrogens with one attached hydrogen (secondary N) is 2. The van der Waals surface area contributed by atoms with Crippen molar-refractivity contribution in [1.29, 1.82) is 0 Å². The molecule has 4 aromatic heterocycles. The molecule has 1 fully saturated rings.